The molecule has 2 rings (SSSR count). The first-order chi connectivity index (χ1) is 10.1. The summed E-state index contributed by atoms with van der Waals surface area (Å²) in [7, 11) is 1.51. The summed E-state index contributed by atoms with van der Waals surface area (Å²) in [5, 5.41) is 12.9. The average Bonchev–Trinajstić information content (AvgIpc) is 2.49. The predicted octanol–water partition coefficient (Wildman–Crippen LogP) is 3.92. The number of nitrogens with zero attached hydrogens (tertiary/aromatic N) is 1. The second kappa shape index (κ2) is 7.11. The Hall–Kier alpha value is -1.30. The first kappa shape index (κ1) is 16.1. The van der Waals surface area contributed by atoms with Gasteiger partial charge >= 0.3 is 0 Å². The minimum atomic E-state index is -0.166. The molecule has 0 fully saturated rings. The van der Waals surface area contributed by atoms with Crippen LogP contribution in [-0.4, -0.2) is 17.2 Å². The largest absolute Gasteiger partial charge is 0.481 e. The van der Waals surface area contributed by atoms with Crippen LogP contribution in [0.15, 0.2) is 28.7 Å². The number of aromatic nitrogens is 1. The van der Waals surface area contributed by atoms with Crippen molar-refractivity contribution in [3.63, 3.8) is 0 Å². The molecule has 0 spiro atoms. The molecule has 1 heterocycles. The third kappa shape index (κ3) is 3.67. The highest BCUT2D eigenvalue weighted by molar-refractivity contribution is 9.10. The van der Waals surface area contributed by atoms with E-state index < -0.39 is 0 Å². The zero-order chi connectivity index (χ0) is 15.4. The van der Waals surface area contributed by atoms with Gasteiger partial charge in [-0.3, -0.25) is 0 Å². The Morgan fingerprint density at radius 3 is 2.81 bits per heavy atom. The number of ether oxygens (including phenoxy) is 1. The van der Waals surface area contributed by atoms with Crippen molar-refractivity contribution in [2.75, 3.05) is 12.4 Å². The van der Waals surface area contributed by atoms with Crippen molar-refractivity contribution in [1.29, 1.82) is 0 Å². The summed E-state index contributed by atoms with van der Waals surface area (Å²) >= 11 is 9.68. The van der Waals surface area contributed by atoms with Gasteiger partial charge in [-0.05, 0) is 30.2 Å². The molecule has 4 nitrogen and oxygen atoms in total. The minimum Gasteiger partial charge on any atom is -0.481 e. The van der Waals surface area contributed by atoms with Gasteiger partial charge in [0.25, 0.3) is 0 Å². The van der Waals surface area contributed by atoms with Crippen molar-refractivity contribution >= 4 is 33.3 Å². The fraction of sp³-hybridized carbons (Fsp3) is 0.267. The van der Waals surface area contributed by atoms with Crippen molar-refractivity contribution in [2.24, 2.45) is 0 Å². The lowest BCUT2D eigenvalue weighted by Crippen LogP contribution is -2.06. The SMILES string of the molecule is COc1nc(NCc2cccc(Br)c2C)c(Cl)cc1CO. The van der Waals surface area contributed by atoms with Crippen LogP contribution in [-0.2, 0) is 13.2 Å². The van der Waals surface area contributed by atoms with Crippen LogP contribution in [0, 0.1) is 6.92 Å². The number of hydrogen-bond donors (Lipinski definition) is 2. The molecule has 0 saturated carbocycles. The van der Waals surface area contributed by atoms with Crippen molar-refractivity contribution in [3.05, 3.63) is 50.5 Å². The summed E-state index contributed by atoms with van der Waals surface area (Å²) < 4.78 is 6.21. The van der Waals surface area contributed by atoms with E-state index in [1.807, 2.05) is 25.1 Å². The van der Waals surface area contributed by atoms with Gasteiger partial charge in [0, 0.05) is 16.6 Å². The van der Waals surface area contributed by atoms with Gasteiger partial charge in [0.15, 0.2) is 0 Å². The summed E-state index contributed by atoms with van der Waals surface area (Å²) in [6.07, 6.45) is 0. The summed E-state index contributed by atoms with van der Waals surface area (Å²) in [6, 6.07) is 7.69. The molecule has 0 radical (unpaired) electrons. The zero-order valence-electron chi connectivity index (χ0n) is 11.8. The number of nitrogens with one attached hydrogen (secondary N) is 1. The number of aliphatic hydroxyl groups excluding tert-OH is 1. The molecule has 0 unspecified atom stereocenters. The molecule has 0 bridgehead atoms. The van der Waals surface area contributed by atoms with Crippen LogP contribution in [0.25, 0.3) is 0 Å². The topological polar surface area (TPSA) is 54.4 Å². The van der Waals surface area contributed by atoms with Gasteiger partial charge in [-0.1, -0.05) is 39.7 Å². The molecule has 0 aliphatic rings. The summed E-state index contributed by atoms with van der Waals surface area (Å²) in [4.78, 5) is 4.29. The normalized spacial score (nSPS) is 10.5. The maximum absolute atomic E-state index is 9.24. The number of rotatable bonds is 5. The summed E-state index contributed by atoms with van der Waals surface area (Å²) in [6.45, 7) is 2.48. The van der Waals surface area contributed by atoms with Gasteiger partial charge < -0.3 is 15.2 Å². The van der Waals surface area contributed by atoms with Gasteiger partial charge in [-0.2, -0.15) is 4.98 Å². The Morgan fingerprint density at radius 2 is 2.14 bits per heavy atom. The molecular weight excluding hydrogens is 356 g/mol. The van der Waals surface area contributed by atoms with Crippen LogP contribution in [0.5, 0.6) is 5.88 Å². The lowest BCUT2D eigenvalue weighted by Gasteiger charge is -2.13. The van der Waals surface area contributed by atoms with Crippen LogP contribution in [0.2, 0.25) is 5.02 Å². The Labute approximate surface area is 137 Å². The molecule has 0 amide bonds. The van der Waals surface area contributed by atoms with E-state index in [4.69, 9.17) is 16.3 Å². The third-order valence-corrected chi connectivity index (χ3v) is 4.35. The zero-order valence-corrected chi connectivity index (χ0v) is 14.1. The second-order valence-electron chi connectivity index (χ2n) is 4.52. The maximum Gasteiger partial charge on any atom is 0.220 e. The van der Waals surface area contributed by atoms with Gasteiger partial charge in [0.05, 0.1) is 18.7 Å². The number of halogens is 2. The molecule has 6 heteroatoms. The van der Waals surface area contributed by atoms with E-state index in [0.717, 1.165) is 10.0 Å². The highest BCUT2D eigenvalue weighted by atomic mass is 79.9. The molecule has 0 aliphatic heterocycles. The van der Waals surface area contributed by atoms with Crippen LogP contribution in [0.4, 0.5) is 5.82 Å². The first-order valence-electron chi connectivity index (χ1n) is 6.39. The van der Waals surface area contributed by atoms with E-state index in [0.29, 0.717) is 28.8 Å². The number of pyridine rings is 1. The van der Waals surface area contributed by atoms with Crippen molar-refractivity contribution in [2.45, 2.75) is 20.1 Å². The number of benzene rings is 1. The minimum absolute atomic E-state index is 0.166. The fourth-order valence-corrected chi connectivity index (χ4v) is 2.59. The monoisotopic (exact) mass is 370 g/mol. The first-order valence-corrected chi connectivity index (χ1v) is 7.56. The Morgan fingerprint density at radius 1 is 1.38 bits per heavy atom. The fourth-order valence-electron chi connectivity index (χ4n) is 1.95. The molecule has 1 aromatic heterocycles. The quantitative estimate of drug-likeness (QED) is 0.836. The Kier molecular flexibility index (Phi) is 5.45. The van der Waals surface area contributed by atoms with Gasteiger partial charge in [-0.25, -0.2) is 0 Å². The van der Waals surface area contributed by atoms with Gasteiger partial charge in [-0.15, -0.1) is 0 Å². The standard InChI is InChI=1S/C15H16BrClN2O2/c1-9-10(4-3-5-12(9)16)7-18-14-13(17)6-11(8-20)15(19-14)21-2/h3-6,20H,7-8H2,1-2H3,(H,18,19). The van der Waals surface area contributed by atoms with E-state index in [-0.39, 0.29) is 6.61 Å². The van der Waals surface area contributed by atoms with Crippen molar-refractivity contribution in [1.82, 2.24) is 4.98 Å². The van der Waals surface area contributed by atoms with E-state index in [1.165, 1.54) is 12.7 Å². The Balaban J connectivity index is 2.22. The van der Waals surface area contributed by atoms with E-state index in [2.05, 4.69) is 26.2 Å². The van der Waals surface area contributed by atoms with Crippen LogP contribution in [0.1, 0.15) is 16.7 Å². The predicted molar refractivity (Wildman–Crippen MR) is 87.9 cm³/mol. The maximum atomic E-state index is 9.24. The molecule has 21 heavy (non-hydrogen) atoms. The van der Waals surface area contributed by atoms with Gasteiger partial charge in [0.2, 0.25) is 5.88 Å². The molecular formula is C15H16BrClN2O2. The smallest absolute Gasteiger partial charge is 0.220 e. The lowest BCUT2D eigenvalue weighted by atomic mass is 10.1. The number of methoxy groups -OCH3 is 1. The summed E-state index contributed by atoms with van der Waals surface area (Å²) in [5.74, 6) is 0.903. The van der Waals surface area contributed by atoms with Gasteiger partial charge in [0.1, 0.15) is 5.82 Å². The van der Waals surface area contributed by atoms with Crippen LogP contribution in [0.3, 0.4) is 0 Å². The highest BCUT2D eigenvalue weighted by Gasteiger charge is 2.11. The molecule has 2 aromatic rings. The molecule has 0 aliphatic carbocycles. The Bertz CT molecular complexity index is 650. The van der Waals surface area contributed by atoms with E-state index >= 15 is 0 Å². The highest BCUT2D eigenvalue weighted by Crippen LogP contribution is 2.28. The van der Waals surface area contributed by atoms with Crippen LogP contribution >= 0.6 is 27.5 Å². The molecule has 0 saturated heterocycles. The second-order valence-corrected chi connectivity index (χ2v) is 5.78. The molecule has 0 atom stereocenters. The number of anilines is 1. The number of hydrogen-bond acceptors (Lipinski definition) is 4. The van der Waals surface area contributed by atoms with Crippen molar-refractivity contribution < 1.29 is 9.84 Å². The van der Waals surface area contributed by atoms with Crippen molar-refractivity contribution in [3.8, 4) is 5.88 Å². The number of aliphatic hydroxyl groups is 1. The summed E-state index contributed by atoms with van der Waals surface area (Å²) in [5.41, 5.74) is 2.87. The van der Waals surface area contributed by atoms with E-state index in [9.17, 15) is 5.11 Å². The average molecular weight is 372 g/mol. The molecule has 1 aromatic carbocycles. The van der Waals surface area contributed by atoms with Crippen LogP contribution < -0.4 is 10.1 Å². The third-order valence-electron chi connectivity index (χ3n) is 3.21. The lowest BCUT2D eigenvalue weighted by molar-refractivity contribution is 0.271. The molecule has 2 N–H and O–H groups in total. The van der Waals surface area contributed by atoms with E-state index in [1.54, 1.807) is 6.07 Å². The molecule has 112 valence electrons.